The van der Waals surface area contributed by atoms with Gasteiger partial charge in [0, 0.05) is 25.8 Å². The van der Waals surface area contributed by atoms with E-state index in [0.29, 0.717) is 25.8 Å². The summed E-state index contributed by atoms with van der Waals surface area (Å²) in [6, 6.07) is -1.22. The second-order valence-electron chi connectivity index (χ2n) is 10.7. The van der Waals surface area contributed by atoms with Crippen molar-refractivity contribution in [1.82, 2.24) is 16.1 Å². The van der Waals surface area contributed by atoms with Gasteiger partial charge in [-0.3, -0.25) is 25.7 Å². The fourth-order valence-electron chi connectivity index (χ4n) is 4.69. The summed E-state index contributed by atoms with van der Waals surface area (Å²) >= 11 is 0. The van der Waals surface area contributed by atoms with Crippen molar-refractivity contribution in [2.24, 2.45) is 5.84 Å². The molecular formula is C28H52N4O8. The number of carboxylic acid groups (broad SMARTS) is 2. The Morgan fingerprint density at radius 3 is 1.70 bits per heavy atom. The summed E-state index contributed by atoms with van der Waals surface area (Å²) in [6.07, 6.45) is 14.3. The Labute approximate surface area is 238 Å². The third-order valence-electron chi connectivity index (χ3n) is 7.21. The van der Waals surface area contributed by atoms with E-state index in [9.17, 15) is 29.4 Å². The van der Waals surface area contributed by atoms with E-state index in [2.05, 4.69) is 16.1 Å². The Morgan fingerprint density at radius 2 is 1.23 bits per heavy atom. The molecule has 2 amide bonds. The number of aliphatic carboxylic acids is 2. The molecule has 1 aliphatic heterocycles. The number of ether oxygens (including phenoxy) is 1. The van der Waals surface area contributed by atoms with Crippen LogP contribution < -0.4 is 21.9 Å². The monoisotopic (exact) mass is 572 g/mol. The van der Waals surface area contributed by atoms with Crippen molar-refractivity contribution in [2.45, 2.75) is 146 Å². The molecule has 12 nitrogen and oxygen atoms in total. The van der Waals surface area contributed by atoms with Crippen molar-refractivity contribution in [3.63, 3.8) is 0 Å². The number of unbranched alkanes of at least 4 members (excludes halogenated alkanes) is 12. The molecule has 4 unspecified atom stereocenters. The molecule has 1 rings (SSSR count). The van der Waals surface area contributed by atoms with Crippen LogP contribution in [0.5, 0.6) is 0 Å². The average Bonchev–Trinajstić information content (AvgIpc) is 3.64. The van der Waals surface area contributed by atoms with Crippen LogP contribution in [0.25, 0.3) is 0 Å². The van der Waals surface area contributed by atoms with Gasteiger partial charge >= 0.3 is 11.9 Å². The van der Waals surface area contributed by atoms with Crippen LogP contribution in [0, 0.1) is 0 Å². The maximum absolute atomic E-state index is 12.2. The third-order valence-corrected chi connectivity index (χ3v) is 7.21. The summed E-state index contributed by atoms with van der Waals surface area (Å²) in [5, 5.41) is 32.6. The number of aliphatic hydroxyl groups excluding tert-OH is 1. The molecule has 12 heteroatoms. The van der Waals surface area contributed by atoms with E-state index >= 15 is 0 Å². The molecular weight excluding hydrogens is 520 g/mol. The summed E-state index contributed by atoms with van der Waals surface area (Å²) in [5.74, 6) is 3.02. The van der Waals surface area contributed by atoms with Gasteiger partial charge < -0.3 is 30.7 Å². The minimum Gasteiger partial charge on any atom is -0.481 e. The van der Waals surface area contributed by atoms with Gasteiger partial charge in [-0.1, -0.05) is 64.2 Å². The SMILES string of the molecule is NNC(CCCCNC(=O)CCC(NC(=O)CCCCCCCCCCCCCCC(=O)O)C(=O)O)C1OC1O. The molecule has 1 aliphatic rings. The smallest absolute Gasteiger partial charge is 0.326 e. The summed E-state index contributed by atoms with van der Waals surface area (Å²) in [4.78, 5) is 46.3. The number of rotatable bonds is 27. The highest BCUT2D eigenvalue weighted by Gasteiger charge is 2.42. The molecule has 0 spiro atoms. The molecule has 1 fully saturated rings. The van der Waals surface area contributed by atoms with E-state index in [-0.39, 0.29) is 49.6 Å². The predicted octanol–water partition coefficient (Wildman–Crippen LogP) is 2.72. The zero-order valence-electron chi connectivity index (χ0n) is 23.9. The minimum absolute atomic E-state index is 0.0110. The molecule has 1 heterocycles. The molecule has 0 aromatic rings. The summed E-state index contributed by atoms with van der Waals surface area (Å²) in [7, 11) is 0. The number of hydrazine groups is 1. The van der Waals surface area contributed by atoms with Crippen LogP contribution in [0.1, 0.15) is 122 Å². The number of carbonyl (C=O) groups excluding carboxylic acids is 2. The number of nitrogens with one attached hydrogen (secondary N) is 3. The van der Waals surface area contributed by atoms with Gasteiger partial charge in [0.05, 0.1) is 6.04 Å². The standard InChI is InChI=1S/C28H52N4O8/c29-32-21(26-28(39)40-26)15-13-14-20-30-23(33)19-18-22(27(37)38)31-24(34)16-11-9-7-5-3-1-2-4-6-8-10-12-17-25(35)36/h21-22,26,28,32,39H,1-20,29H2,(H,30,33)(H,31,34)(H,35,36)(H,37,38). The Morgan fingerprint density at radius 1 is 0.700 bits per heavy atom. The lowest BCUT2D eigenvalue weighted by atomic mass is 10.0. The first kappa shape index (κ1) is 35.7. The quantitative estimate of drug-likeness (QED) is 0.0332. The van der Waals surface area contributed by atoms with Crippen molar-refractivity contribution in [3.05, 3.63) is 0 Å². The van der Waals surface area contributed by atoms with Gasteiger partial charge in [0.15, 0.2) is 6.29 Å². The number of carboxylic acids is 2. The molecule has 0 aromatic heterocycles. The van der Waals surface area contributed by atoms with E-state index in [4.69, 9.17) is 15.7 Å². The highest BCUT2D eigenvalue weighted by atomic mass is 16.7. The Bertz CT molecular complexity index is 739. The zero-order chi connectivity index (χ0) is 29.6. The van der Waals surface area contributed by atoms with E-state index in [1.807, 2.05) is 0 Å². The zero-order valence-corrected chi connectivity index (χ0v) is 23.9. The van der Waals surface area contributed by atoms with Gasteiger partial charge in [-0.25, -0.2) is 4.79 Å². The highest BCUT2D eigenvalue weighted by molar-refractivity contribution is 5.84. The molecule has 0 aliphatic carbocycles. The van der Waals surface area contributed by atoms with Crippen LogP contribution in [-0.4, -0.2) is 70.1 Å². The van der Waals surface area contributed by atoms with Crippen LogP contribution in [0.2, 0.25) is 0 Å². The molecule has 1 saturated heterocycles. The van der Waals surface area contributed by atoms with Crippen LogP contribution in [-0.2, 0) is 23.9 Å². The molecule has 4 atom stereocenters. The molecule has 0 aromatic carbocycles. The maximum atomic E-state index is 12.2. The molecule has 232 valence electrons. The fourth-order valence-corrected chi connectivity index (χ4v) is 4.69. The third kappa shape index (κ3) is 18.9. The lowest BCUT2D eigenvalue weighted by Crippen LogP contribution is -2.41. The van der Waals surface area contributed by atoms with Crippen LogP contribution in [0.4, 0.5) is 0 Å². The van der Waals surface area contributed by atoms with Crippen molar-refractivity contribution in [1.29, 1.82) is 0 Å². The Kier molecular flexibility index (Phi) is 20.0. The first-order valence-electron chi connectivity index (χ1n) is 15.0. The number of nitrogens with two attached hydrogens (primary N) is 1. The number of hydrogen-bond donors (Lipinski definition) is 7. The number of amides is 2. The molecule has 0 radical (unpaired) electrons. The number of aliphatic hydroxyl groups is 1. The average molecular weight is 573 g/mol. The molecule has 40 heavy (non-hydrogen) atoms. The molecule has 8 N–H and O–H groups in total. The van der Waals surface area contributed by atoms with Crippen LogP contribution in [0.15, 0.2) is 0 Å². The number of hydrogen-bond acceptors (Lipinski definition) is 8. The molecule has 0 bridgehead atoms. The minimum atomic E-state index is -1.15. The Balaban J connectivity index is 1.99. The maximum Gasteiger partial charge on any atom is 0.326 e. The van der Waals surface area contributed by atoms with Gasteiger partial charge in [0.2, 0.25) is 11.8 Å². The van der Waals surface area contributed by atoms with Crippen molar-refractivity contribution in [3.8, 4) is 0 Å². The fraction of sp³-hybridized carbons (Fsp3) is 0.857. The second-order valence-corrected chi connectivity index (χ2v) is 10.7. The lowest BCUT2D eigenvalue weighted by Gasteiger charge is -2.15. The largest absolute Gasteiger partial charge is 0.481 e. The van der Waals surface area contributed by atoms with Gasteiger partial charge in [-0.15, -0.1) is 0 Å². The lowest BCUT2D eigenvalue weighted by molar-refractivity contribution is -0.142. The molecule has 0 saturated carbocycles. The van der Waals surface area contributed by atoms with Crippen LogP contribution >= 0.6 is 0 Å². The summed E-state index contributed by atoms with van der Waals surface area (Å²) in [5.41, 5.74) is 2.62. The van der Waals surface area contributed by atoms with E-state index in [0.717, 1.165) is 51.4 Å². The van der Waals surface area contributed by atoms with Gasteiger partial charge in [-0.2, -0.15) is 0 Å². The Hall–Kier alpha value is -2.28. The van der Waals surface area contributed by atoms with Crippen molar-refractivity contribution >= 4 is 23.8 Å². The van der Waals surface area contributed by atoms with Gasteiger partial charge in [-0.05, 0) is 38.5 Å². The summed E-state index contributed by atoms with van der Waals surface area (Å²) < 4.78 is 4.99. The van der Waals surface area contributed by atoms with Crippen molar-refractivity contribution in [2.75, 3.05) is 6.54 Å². The van der Waals surface area contributed by atoms with Crippen molar-refractivity contribution < 1.29 is 39.2 Å². The highest BCUT2D eigenvalue weighted by Crippen LogP contribution is 2.24. The number of carbonyl (C=O) groups is 4. The normalized spacial score (nSPS) is 17.6. The first-order chi connectivity index (χ1) is 19.2. The second kappa shape index (κ2) is 22.4. The predicted molar refractivity (Wildman–Crippen MR) is 150 cm³/mol. The van der Waals surface area contributed by atoms with Gasteiger partial charge in [0.25, 0.3) is 0 Å². The summed E-state index contributed by atoms with van der Waals surface area (Å²) in [6.45, 7) is 0.449. The first-order valence-corrected chi connectivity index (χ1v) is 15.0. The van der Waals surface area contributed by atoms with E-state index in [1.54, 1.807) is 0 Å². The number of epoxide rings is 1. The van der Waals surface area contributed by atoms with Crippen LogP contribution in [0.3, 0.4) is 0 Å². The van der Waals surface area contributed by atoms with E-state index < -0.39 is 24.3 Å². The van der Waals surface area contributed by atoms with E-state index in [1.165, 1.54) is 25.7 Å². The van der Waals surface area contributed by atoms with Gasteiger partial charge in [0.1, 0.15) is 12.1 Å². The topological polar surface area (TPSA) is 204 Å².